The molecule has 0 unspecified atom stereocenters. The summed E-state index contributed by atoms with van der Waals surface area (Å²) in [6.07, 6.45) is 4.70. The molecule has 0 bridgehead atoms. The maximum atomic E-state index is 5.36. The van der Waals surface area contributed by atoms with Crippen LogP contribution in [0.4, 0.5) is 0 Å². The van der Waals surface area contributed by atoms with E-state index in [0.29, 0.717) is 4.77 Å². The summed E-state index contributed by atoms with van der Waals surface area (Å²) >= 11 is 5.36. The van der Waals surface area contributed by atoms with Crippen LogP contribution in [0.5, 0.6) is 0 Å². The lowest BCUT2D eigenvalue weighted by Crippen LogP contribution is -2.00. The van der Waals surface area contributed by atoms with Gasteiger partial charge in [-0.1, -0.05) is 25.1 Å². The van der Waals surface area contributed by atoms with E-state index >= 15 is 0 Å². The molecule has 1 N–H and O–H groups in total. The van der Waals surface area contributed by atoms with Crippen molar-refractivity contribution in [2.45, 2.75) is 13.3 Å². The van der Waals surface area contributed by atoms with Gasteiger partial charge in [0.1, 0.15) is 0 Å². The van der Waals surface area contributed by atoms with Gasteiger partial charge in [0.25, 0.3) is 0 Å². The summed E-state index contributed by atoms with van der Waals surface area (Å²) in [5, 5.41) is 1.13. The van der Waals surface area contributed by atoms with E-state index in [1.165, 1.54) is 0 Å². The first-order chi connectivity index (χ1) is 8.81. The number of aromatic nitrogens is 3. The summed E-state index contributed by atoms with van der Waals surface area (Å²) in [6.45, 7) is 2.12. The van der Waals surface area contributed by atoms with Crippen molar-refractivity contribution in [2.75, 3.05) is 0 Å². The van der Waals surface area contributed by atoms with E-state index in [1.807, 2.05) is 24.5 Å². The van der Waals surface area contributed by atoms with Crippen LogP contribution in [-0.4, -0.2) is 14.5 Å². The lowest BCUT2D eigenvalue weighted by molar-refractivity contribution is 0.926. The van der Waals surface area contributed by atoms with E-state index in [0.717, 1.165) is 28.7 Å². The molecule has 2 aromatic heterocycles. The van der Waals surface area contributed by atoms with Gasteiger partial charge in [-0.3, -0.25) is 9.55 Å². The Morgan fingerprint density at radius 3 is 2.94 bits per heavy atom. The number of hydrogen-bond donors (Lipinski definition) is 1. The van der Waals surface area contributed by atoms with Crippen LogP contribution in [-0.2, 0) is 6.42 Å². The van der Waals surface area contributed by atoms with Crippen molar-refractivity contribution < 1.29 is 0 Å². The first-order valence-electron chi connectivity index (χ1n) is 5.94. The van der Waals surface area contributed by atoms with Crippen molar-refractivity contribution in [2.24, 2.45) is 0 Å². The Hall–Kier alpha value is -1.94. The van der Waals surface area contributed by atoms with Crippen LogP contribution in [0.3, 0.4) is 0 Å². The summed E-state index contributed by atoms with van der Waals surface area (Å²) in [5.74, 6) is 0. The fraction of sp³-hybridized carbons (Fsp3) is 0.143. The molecular formula is C14H13N3S. The number of nitrogens with zero attached hydrogens (tertiary/aromatic N) is 2. The van der Waals surface area contributed by atoms with Crippen molar-refractivity contribution in [3.63, 3.8) is 0 Å². The molecule has 4 heteroatoms. The largest absolute Gasteiger partial charge is 0.337 e. The summed E-state index contributed by atoms with van der Waals surface area (Å²) in [4.78, 5) is 7.57. The Morgan fingerprint density at radius 2 is 2.11 bits per heavy atom. The van der Waals surface area contributed by atoms with Crippen LogP contribution in [0.2, 0.25) is 0 Å². The van der Waals surface area contributed by atoms with Crippen LogP contribution < -0.4 is 0 Å². The van der Waals surface area contributed by atoms with Crippen LogP contribution in [0.25, 0.3) is 16.6 Å². The van der Waals surface area contributed by atoms with Gasteiger partial charge < -0.3 is 4.98 Å². The average Bonchev–Trinajstić information content (AvgIpc) is 2.79. The third-order valence-corrected chi connectivity index (χ3v) is 3.37. The number of pyridine rings is 1. The molecule has 3 rings (SSSR count). The minimum atomic E-state index is 0.713. The predicted molar refractivity (Wildman–Crippen MR) is 75.6 cm³/mol. The zero-order valence-electron chi connectivity index (χ0n) is 10.1. The number of aromatic amines is 1. The molecule has 2 heterocycles. The summed E-state index contributed by atoms with van der Waals surface area (Å²) in [6, 6.07) is 10.2. The number of imidazole rings is 1. The van der Waals surface area contributed by atoms with Crippen molar-refractivity contribution in [3.8, 4) is 5.69 Å². The smallest absolute Gasteiger partial charge is 0.182 e. The fourth-order valence-electron chi connectivity index (χ4n) is 2.20. The molecule has 0 saturated heterocycles. The van der Waals surface area contributed by atoms with Crippen LogP contribution >= 0.6 is 12.2 Å². The Balaban J connectivity index is 2.38. The Kier molecular flexibility index (Phi) is 2.72. The fourth-order valence-corrected chi connectivity index (χ4v) is 2.47. The normalized spacial score (nSPS) is 10.9. The minimum Gasteiger partial charge on any atom is -0.337 e. The Labute approximate surface area is 110 Å². The molecule has 18 heavy (non-hydrogen) atoms. The van der Waals surface area contributed by atoms with E-state index < -0.39 is 0 Å². The van der Waals surface area contributed by atoms with E-state index in [-0.39, 0.29) is 0 Å². The Bertz CT molecular complexity index is 750. The molecule has 0 amide bonds. The number of rotatable bonds is 2. The quantitative estimate of drug-likeness (QED) is 0.709. The van der Waals surface area contributed by atoms with Crippen molar-refractivity contribution in [3.05, 3.63) is 53.2 Å². The summed E-state index contributed by atoms with van der Waals surface area (Å²) in [7, 11) is 0. The second-order valence-electron chi connectivity index (χ2n) is 4.13. The molecule has 1 aromatic carbocycles. The van der Waals surface area contributed by atoms with Gasteiger partial charge in [0, 0.05) is 23.5 Å². The summed E-state index contributed by atoms with van der Waals surface area (Å²) < 4.78 is 2.77. The number of benzene rings is 1. The number of aryl methyl sites for hydroxylation is 1. The highest BCUT2D eigenvalue weighted by molar-refractivity contribution is 7.71. The second kappa shape index (κ2) is 4.38. The van der Waals surface area contributed by atoms with Crippen LogP contribution in [0, 0.1) is 4.77 Å². The Morgan fingerprint density at radius 1 is 1.28 bits per heavy atom. The molecule has 0 aliphatic heterocycles. The highest BCUT2D eigenvalue weighted by Gasteiger charge is 2.08. The highest BCUT2D eigenvalue weighted by Crippen LogP contribution is 2.22. The topological polar surface area (TPSA) is 33.6 Å². The minimum absolute atomic E-state index is 0.713. The molecule has 0 radical (unpaired) electrons. The maximum Gasteiger partial charge on any atom is 0.182 e. The third-order valence-electron chi connectivity index (χ3n) is 3.07. The monoisotopic (exact) mass is 255 g/mol. The first-order valence-corrected chi connectivity index (χ1v) is 6.35. The van der Waals surface area contributed by atoms with Gasteiger partial charge in [0.05, 0.1) is 11.2 Å². The number of fused-ring (bicyclic) bond motifs is 1. The molecular weight excluding hydrogens is 242 g/mol. The van der Waals surface area contributed by atoms with Gasteiger partial charge in [-0.25, -0.2) is 0 Å². The van der Waals surface area contributed by atoms with Gasteiger partial charge in [0.2, 0.25) is 0 Å². The summed E-state index contributed by atoms with van der Waals surface area (Å²) in [5.41, 5.74) is 3.18. The molecule has 0 fully saturated rings. The number of para-hydroxylation sites is 1. The van der Waals surface area contributed by atoms with E-state index in [1.54, 1.807) is 0 Å². The molecule has 3 nitrogen and oxygen atoms in total. The standard InChI is InChI=1S/C14H13N3S/c1-2-11-9-16-14(18)17(11)12-7-3-5-10-6-4-8-15-13(10)12/h3-9H,2H2,1H3,(H,16,18). The van der Waals surface area contributed by atoms with Crippen LogP contribution in [0.1, 0.15) is 12.6 Å². The van der Waals surface area contributed by atoms with Gasteiger partial charge in [0.15, 0.2) is 4.77 Å². The zero-order chi connectivity index (χ0) is 12.5. The maximum absolute atomic E-state index is 5.36. The SMILES string of the molecule is CCc1c[nH]c(=S)n1-c1cccc2cccnc12. The molecule has 0 aliphatic carbocycles. The number of nitrogens with one attached hydrogen (secondary N) is 1. The molecule has 0 saturated carbocycles. The lowest BCUT2D eigenvalue weighted by Gasteiger charge is -2.09. The third kappa shape index (κ3) is 1.66. The van der Waals surface area contributed by atoms with Gasteiger partial charge in [-0.2, -0.15) is 0 Å². The lowest BCUT2D eigenvalue weighted by atomic mass is 10.2. The zero-order valence-corrected chi connectivity index (χ0v) is 10.9. The van der Waals surface area contributed by atoms with Crippen LogP contribution in [0.15, 0.2) is 42.7 Å². The average molecular weight is 255 g/mol. The van der Waals surface area contributed by atoms with Crippen molar-refractivity contribution in [1.82, 2.24) is 14.5 Å². The van der Waals surface area contributed by atoms with E-state index in [9.17, 15) is 0 Å². The van der Waals surface area contributed by atoms with Gasteiger partial charge in [-0.05, 0) is 30.8 Å². The first kappa shape index (κ1) is 11.2. The molecule has 3 aromatic rings. The van der Waals surface area contributed by atoms with E-state index in [4.69, 9.17) is 12.2 Å². The molecule has 0 atom stereocenters. The molecule has 0 aliphatic rings. The molecule has 90 valence electrons. The second-order valence-corrected chi connectivity index (χ2v) is 4.51. The van der Waals surface area contributed by atoms with Gasteiger partial charge >= 0.3 is 0 Å². The molecule has 0 spiro atoms. The van der Waals surface area contributed by atoms with Crippen molar-refractivity contribution >= 4 is 23.1 Å². The van der Waals surface area contributed by atoms with Crippen molar-refractivity contribution in [1.29, 1.82) is 0 Å². The van der Waals surface area contributed by atoms with E-state index in [2.05, 4.69) is 39.7 Å². The number of H-pyrrole nitrogens is 1. The highest BCUT2D eigenvalue weighted by atomic mass is 32.1. The predicted octanol–water partition coefficient (Wildman–Crippen LogP) is 3.65. The number of hydrogen-bond acceptors (Lipinski definition) is 2. The van der Waals surface area contributed by atoms with Gasteiger partial charge in [-0.15, -0.1) is 0 Å².